The lowest BCUT2D eigenvalue weighted by Crippen LogP contribution is -2.39. The van der Waals surface area contributed by atoms with Crippen molar-refractivity contribution < 1.29 is 0 Å². The lowest BCUT2D eigenvalue weighted by Gasteiger charge is -2.33. The van der Waals surface area contributed by atoms with Crippen molar-refractivity contribution >= 4 is 5.95 Å². The first-order chi connectivity index (χ1) is 12.2. The second-order valence-electron chi connectivity index (χ2n) is 7.45. The Morgan fingerprint density at radius 3 is 2.88 bits per heavy atom. The SMILES string of the molecule is CC1CCCN(c2nc3c(c(=O)[nH]2)CN(Cc2ccccc2)CC3)C1. The molecular weight excluding hydrogens is 312 g/mol. The minimum atomic E-state index is 0.0380. The van der Waals surface area contributed by atoms with E-state index in [1.54, 1.807) is 0 Å². The lowest BCUT2D eigenvalue weighted by molar-refractivity contribution is 0.241. The number of nitrogens with one attached hydrogen (secondary N) is 1. The Hall–Kier alpha value is -2.14. The summed E-state index contributed by atoms with van der Waals surface area (Å²) in [5.74, 6) is 1.43. The van der Waals surface area contributed by atoms with Gasteiger partial charge in [-0.2, -0.15) is 0 Å². The van der Waals surface area contributed by atoms with E-state index in [4.69, 9.17) is 4.98 Å². The third-order valence-electron chi connectivity index (χ3n) is 5.34. The molecule has 5 heteroatoms. The number of aromatic amines is 1. The number of hydrogen-bond donors (Lipinski definition) is 1. The topological polar surface area (TPSA) is 52.2 Å². The summed E-state index contributed by atoms with van der Waals surface area (Å²) in [6.45, 7) is 6.76. The van der Waals surface area contributed by atoms with Crippen LogP contribution in [0.25, 0.3) is 0 Å². The second-order valence-corrected chi connectivity index (χ2v) is 7.45. The molecule has 2 aromatic rings. The maximum Gasteiger partial charge on any atom is 0.257 e. The quantitative estimate of drug-likeness (QED) is 0.934. The third-order valence-corrected chi connectivity index (χ3v) is 5.34. The lowest BCUT2D eigenvalue weighted by atomic mass is 10.0. The van der Waals surface area contributed by atoms with Crippen LogP contribution >= 0.6 is 0 Å². The van der Waals surface area contributed by atoms with E-state index in [2.05, 4.69) is 46.0 Å². The molecule has 5 nitrogen and oxygen atoms in total. The summed E-state index contributed by atoms with van der Waals surface area (Å²) in [6.07, 6.45) is 3.29. The number of aromatic nitrogens is 2. The van der Waals surface area contributed by atoms with Crippen LogP contribution in [0.1, 0.15) is 36.6 Å². The van der Waals surface area contributed by atoms with Gasteiger partial charge in [0.25, 0.3) is 5.56 Å². The number of anilines is 1. The van der Waals surface area contributed by atoms with Crippen molar-refractivity contribution in [1.29, 1.82) is 0 Å². The molecule has 0 aliphatic carbocycles. The fraction of sp³-hybridized carbons (Fsp3) is 0.500. The van der Waals surface area contributed by atoms with Crippen molar-refractivity contribution in [1.82, 2.24) is 14.9 Å². The van der Waals surface area contributed by atoms with Crippen LogP contribution < -0.4 is 10.5 Å². The van der Waals surface area contributed by atoms with Gasteiger partial charge in [-0.05, 0) is 24.3 Å². The highest BCUT2D eigenvalue weighted by molar-refractivity contribution is 5.35. The molecule has 1 N–H and O–H groups in total. The van der Waals surface area contributed by atoms with Crippen LogP contribution in [0, 0.1) is 5.92 Å². The molecule has 1 aromatic carbocycles. The Bertz CT molecular complexity index is 786. The van der Waals surface area contributed by atoms with Gasteiger partial charge in [-0.1, -0.05) is 37.3 Å². The van der Waals surface area contributed by atoms with E-state index >= 15 is 0 Å². The number of piperidine rings is 1. The average Bonchev–Trinajstić information content (AvgIpc) is 2.63. The smallest absolute Gasteiger partial charge is 0.257 e. The normalized spacial score (nSPS) is 21.2. The van der Waals surface area contributed by atoms with Crippen molar-refractivity contribution in [2.75, 3.05) is 24.5 Å². The van der Waals surface area contributed by atoms with Crippen LogP contribution in [0.3, 0.4) is 0 Å². The minimum absolute atomic E-state index is 0.0380. The van der Waals surface area contributed by atoms with Crippen molar-refractivity contribution in [3.05, 3.63) is 57.5 Å². The highest BCUT2D eigenvalue weighted by Crippen LogP contribution is 2.22. The molecule has 1 saturated heterocycles. The number of nitrogens with zero attached hydrogens (tertiary/aromatic N) is 3. The molecule has 1 unspecified atom stereocenters. The monoisotopic (exact) mass is 338 g/mol. The first-order valence-corrected chi connectivity index (χ1v) is 9.32. The average molecular weight is 338 g/mol. The molecule has 1 fully saturated rings. The Morgan fingerprint density at radius 1 is 1.24 bits per heavy atom. The van der Waals surface area contributed by atoms with E-state index in [0.717, 1.165) is 49.8 Å². The summed E-state index contributed by atoms with van der Waals surface area (Å²) < 4.78 is 0. The van der Waals surface area contributed by atoms with Crippen LogP contribution in [0.15, 0.2) is 35.1 Å². The van der Waals surface area contributed by atoms with E-state index in [-0.39, 0.29) is 5.56 Å². The number of benzene rings is 1. The molecule has 4 rings (SSSR count). The molecule has 3 heterocycles. The van der Waals surface area contributed by atoms with E-state index in [0.29, 0.717) is 12.5 Å². The van der Waals surface area contributed by atoms with Crippen molar-refractivity contribution in [2.24, 2.45) is 5.92 Å². The van der Waals surface area contributed by atoms with Crippen molar-refractivity contribution in [3.63, 3.8) is 0 Å². The fourth-order valence-corrected chi connectivity index (χ4v) is 3.98. The van der Waals surface area contributed by atoms with Gasteiger partial charge in [-0.15, -0.1) is 0 Å². The molecular formula is C20H26N4O. The van der Waals surface area contributed by atoms with Gasteiger partial charge in [0.15, 0.2) is 0 Å². The molecule has 0 amide bonds. The Morgan fingerprint density at radius 2 is 2.08 bits per heavy atom. The maximum atomic E-state index is 12.7. The van der Waals surface area contributed by atoms with Crippen LogP contribution in [0.5, 0.6) is 0 Å². The molecule has 0 saturated carbocycles. The zero-order valence-corrected chi connectivity index (χ0v) is 14.9. The molecule has 0 bridgehead atoms. The largest absolute Gasteiger partial charge is 0.342 e. The minimum Gasteiger partial charge on any atom is -0.342 e. The first-order valence-electron chi connectivity index (χ1n) is 9.32. The predicted octanol–water partition coefficient (Wildman–Crippen LogP) is 2.56. The summed E-state index contributed by atoms with van der Waals surface area (Å²) in [5.41, 5.74) is 3.16. The Balaban J connectivity index is 1.52. The number of H-pyrrole nitrogens is 1. The van der Waals surface area contributed by atoms with E-state index < -0.39 is 0 Å². The van der Waals surface area contributed by atoms with E-state index in [1.165, 1.54) is 18.4 Å². The van der Waals surface area contributed by atoms with Crippen molar-refractivity contribution in [2.45, 2.75) is 39.3 Å². The number of hydrogen-bond acceptors (Lipinski definition) is 4. The third kappa shape index (κ3) is 3.61. The van der Waals surface area contributed by atoms with Gasteiger partial charge in [-0.3, -0.25) is 14.7 Å². The van der Waals surface area contributed by atoms with Crippen LogP contribution in [-0.2, 0) is 19.5 Å². The summed E-state index contributed by atoms with van der Waals surface area (Å²) >= 11 is 0. The van der Waals surface area contributed by atoms with Gasteiger partial charge in [0, 0.05) is 39.1 Å². The van der Waals surface area contributed by atoms with E-state index in [1.807, 2.05) is 6.07 Å². The Labute approximate surface area is 148 Å². The molecule has 25 heavy (non-hydrogen) atoms. The highest BCUT2D eigenvalue weighted by Gasteiger charge is 2.24. The van der Waals surface area contributed by atoms with Gasteiger partial charge in [0.05, 0.1) is 11.3 Å². The molecule has 2 aliphatic rings. The highest BCUT2D eigenvalue weighted by atomic mass is 16.1. The molecule has 2 aliphatic heterocycles. The van der Waals surface area contributed by atoms with Gasteiger partial charge in [-0.25, -0.2) is 4.98 Å². The molecule has 0 spiro atoms. The predicted molar refractivity (Wildman–Crippen MR) is 99.7 cm³/mol. The van der Waals surface area contributed by atoms with E-state index in [9.17, 15) is 4.79 Å². The standard InChI is InChI=1S/C20H26N4O/c1-15-6-5-10-24(12-15)20-21-18-9-11-23(14-17(18)19(25)22-20)13-16-7-3-2-4-8-16/h2-4,7-8,15H,5-6,9-14H2,1H3,(H,21,22,25). The molecule has 1 atom stereocenters. The second kappa shape index (κ2) is 7.00. The van der Waals surface area contributed by atoms with Crippen molar-refractivity contribution in [3.8, 4) is 0 Å². The number of fused-ring (bicyclic) bond motifs is 1. The Kier molecular flexibility index (Phi) is 4.57. The van der Waals surface area contributed by atoms with Crippen LogP contribution in [0.2, 0.25) is 0 Å². The summed E-state index contributed by atoms with van der Waals surface area (Å²) in [4.78, 5) is 25.1. The first kappa shape index (κ1) is 16.3. The number of rotatable bonds is 3. The molecule has 0 radical (unpaired) electrons. The van der Waals surface area contributed by atoms with Gasteiger partial charge < -0.3 is 4.90 Å². The molecule has 132 valence electrons. The van der Waals surface area contributed by atoms with Gasteiger partial charge in [0.2, 0.25) is 5.95 Å². The summed E-state index contributed by atoms with van der Waals surface area (Å²) in [6, 6.07) is 10.4. The fourth-order valence-electron chi connectivity index (χ4n) is 3.98. The van der Waals surface area contributed by atoms with Gasteiger partial charge >= 0.3 is 0 Å². The molecule has 1 aromatic heterocycles. The van der Waals surface area contributed by atoms with Gasteiger partial charge in [0.1, 0.15) is 0 Å². The maximum absolute atomic E-state index is 12.7. The summed E-state index contributed by atoms with van der Waals surface area (Å²) in [5, 5.41) is 0. The zero-order chi connectivity index (χ0) is 17.2. The summed E-state index contributed by atoms with van der Waals surface area (Å²) in [7, 11) is 0. The van der Waals surface area contributed by atoms with Crippen LogP contribution in [0.4, 0.5) is 5.95 Å². The zero-order valence-electron chi connectivity index (χ0n) is 14.9. The van der Waals surface area contributed by atoms with Crippen LogP contribution in [-0.4, -0.2) is 34.5 Å².